The van der Waals surface area contributed by atoms with Crippen molar-refractivity contribution >= 4 is 22.9 Å². The van der Waals surface area contributed by atoms with Gasteiger partial charge in [-0.25, -0.2) is 4.39 Å². The van der Waals surface area contributed by atoms with E-state index in [-0.39, 0.29) is 10.8 Å². The van der Waals surface area contributed by atoms with Gasteiger partial charge in [-0.2, -0.15) is 0 Å². The maximum absolute atomic E-state index is 14.0. The second kappa shape index (κ2) is 5.87. The minimum atomic E-state index is -0.281. The third-order valence-corrected chi connectivity index (χ3v) is 4.45. The van der Waals surface area contributed by atoms with Crippen molar-refractivity contribution in [1.29, 1.82) is 0 Å². The van der Waals surface area contributed by atoms with Crippen LogP contribution in [0, 0.1) is 17.7 Å². The van der Waals surface area contributed by atoms with E-state index < -0.39 is 0 Å². The van der Waals surface area contributed by atoms with Gasteiger partial charge in [0.2, 0.25) is 0 Å². The van der Waals surface area contributed by atoms with E-state index in [0.29, 0.717) is 23.2 Å². The monoisotopic (exact) mass is 280 g/mol. The molecular weight excluding hydrogens is 259 g/mol. The van der Waals surface area contributed by atoms with Crippen LogP contribution in [0.2, 0.25) is 0 Å². The van der Waals surface area contributed by atoms with Crippen LogP contribution in [0.25, 0.3) is 0 Å². The molecule has 2 nitrogen and oxygen atoms in total. The lowest BCUT2D eigenvalue weighted by atomic mass is 9.79. The van der Waals surface area contributed by atoms with Crippen molar-refractivity contribution in [2.24, 2.45) is 17.6 Å². The molecule has 0 aliphatic heterocycles. The molecule has 0 bridgehead atoms. The quantitative estimate of drug-likeness (QED) is 0.829. The van der Waals surface area contributed by atoms with Gasteiger partial charge < -0.3 is 11.1 Å². The molecule has 3 N–H and O–H groups in total. The lowest BCUT2D eigenvalue weighted by Gasteiger charge is -2.33. The fourth-order valence-electron chi connectivity index (χ4n) is 2.68. The van der Waals surface area contributed by atoms with E-state index in [9.17, 15) is 4.39 Å². The Morgan fingerprint density at radius 3 is 2.63 bits per heavy atom. The highest BCUT2D eigenvalue weighted by molar-refractivity contribution is 7.80. The van der Waals surface area contributed by atoms with E-state index in [4.69, 9.17) is 18.0 Å². The molecule has 1 aliphatic rings. The van der Waals surface area contributed by atoms with Crippen molar-refractivity contribution in [3.05, 3.63) is 29.6 Å². The van der Waals surface area contributed by atoms with Gasteiger partial charge in [0, 0.05) is 11.6 Å². The summed E-state index contributed by atoms with van der Waals surface area (Å²) in [6, 6.07) is 5.26. The predicted octanol–water partition coefficient (Wildman–Crippen LogP) is 3.70. The molecule has 2 rings (SSSR count). The summed E-state index contributed by atoms with van der Waals surface area (Å²) in [5.74, 6) is 1.17. The first-order chi connectivity index (χ1) is 8.97. The Hall–Kier alpha value is -1.16. The predicted molar refractivity (Wildman–Crippen MR) is 81.9 cm³/mol. The molecule has 3 atom stereocenters. The minimum Gasteiger partial charge on any atom is -0.389 e. The van der Waals surface area contributed by atoms with E-state index in [1.165, 1.54) is 12.5 Å². The van der Waals surface area contributed by atoms with Crippen LogP contribution >= 0.6 is 12.2 Å². The Kier molecular flexibility index (Phi) is 4.40. The molecule has 19 heavy (non-hydrogen) atoms. The second-order valence-corrected chi connectivity index (χ2v) is 6.11. The van der Waals surface area contributed by atoms with Gasteiger partial charge in [-0.15, -0.1) is 0 Å². The molecule has 0 spiro atoms. The zero-order valence-electron chi connectivity index (χ0n) is 11.4. The number of anilines is 1. The highest BCUT2D eigenvalue weighted by Gasteiger charge is 2.24. The lowest BCUT2D eigenvalue weighted by molar-refractivity contribution is 0.260. The molecule has 104 valence electrons. The van der Waals surface area contributed by atoms with E-state index >= 15 is 0 Å². The number of rotatable bonds is 3. The number of nitrogens with two attached hydrogens (primary N) is 1. The van der Waals surface area contributed by atoms with Gasteiger partial charge in [-0.1, -0.05) is 26.1 Å². The normalized spacial score (nSPS) is 27.0. The summed E-state index contributed by atoms with van der Waals surface area (Å²) >= 11 is 4.85. The van der Waals surface area contributed by atoms with Crippen LogP contribution < -0.4 is 11.1 Å². The Labute approximate surface area is 119 Å². The first-order valence-electron chi connectivity index (χ1n) is 6.83. The van der Waals surface area contributed by atoms with Crippen molar-refractivity contribution in [1.82, 2.24) is 0 Å². The summed E-state index contributed by atoms with van der Waals surface area (Å²) in [5.41, 5.74) is 6.62. The number of halogens is 1. The van der Waals surface area contributed by atoms with Crippen LogP contribution in [-0.4, -0.2) is 11.0 Å². The fourth-order valence-corrected chi connectivity index (χ4v) is 2.81. The van der Waals surface area contributed by atoms with Crippen LogP contribution in [0.5, 0.6) is 0 Å². The van der Waals surface area contributed by atoms with Crippen LogP contribution in [0.1, 0.15) is 38.7 Å². The third-order valence-electron chi connectivity index (χ3n) is 4.21. The Morgan fingerprint density at radius 2 is 2.05 bits per heavy atom. The van der Waals surface area contributed by atoms with E-state index in [1.807, 2.05) is 0 Å². The van der Waals surface area contributed by atoms with Crippen molar-refractivity contribution in [2.45, 2.75) is 39.2 Å². The number of hydrogen-bond donors (Lipinski definition) is 2. The molecule has 0 heterocycles. The van der Waals surface area contributed by atoms with Gasteiger partial charge in [0.15, 0.2) is 0 Å². The van der Waals surface area contributed by atoms with E-state index in [1.54, 1.807) is 12.1 Å². The average molecular weight is 280 g/mol. The molecular formula is C15H21FN2S. The van der Waals surface area contributed by atoms with Gasteiger partial charge in [-0.3, -0.25) is 0 Å². The number of nitrogens with one attached hydrogen (secondary N) is 1. The van der Waals surface area contributed by atoms with Crippen molar-refractivity contribution in [3.63, 3.8) is 0 Å². The van der Waals surface area contributed by atoms with Crippen LogP contribution in [0.4, 0.5) is 10.1 Å². The first kappa shape index (κ1) is 14.3. The summed E-state index contributed by atoms with van der Waals surface area (Å²) < 4.78 is 14.0. The van der Waals surface area contributed by atoms with E-state index in [2.05, 4.69) is 19.2 Å². The molecule has 4 heteroatoms. The smallest absolute Gasteiger partial charge is 0.146 e. The molecule has 1 fully saturated rings. The molecule has 1 aliphatic carbocycles. The molecule has 1 aromatic rings. The van der Waals surface area contributed by atoms with Crippen LogP contribution in [-0.2, 0) is 0 Å². The topological polar surface area (TPSA) is 38.0 Å². The summed E-state index contributed by atoms with van der Waals surface area (Å²) in [4.78, 5) is 0.227. The summed E-state index contributed by atoms with van der Waals surface area (Å²) in [6.07, 6.45) is 3.39. The average Bonchev–Trinajstić information content (AvgIpc) is 2.36. The van der Waals surface area contributed by atoms with E-state index in [0.717, 1.165) is 18.8 Å². The molecule has 0 amide bonds. The maximum atomic E-state index is 14.0. The SMILES string of the molecule is CC1CCC(Nc2ccc(C(N)=S)cc2F)CC1C. The Morgan fingerprint density at radius 1 is 1.32 bits per heavy atom. The van der Waals surface area contributed by atoms with Crippen LogP contribution in [0.15, 0.2) is 18.2 Å². The molecule has 1 saturated carbocycles. The van der Waals surface area contributed by atoms with Gasteiger partial charge in [0.1, 0.15) is 10.8 Å². The van der Waals surface area contributed by atoms with Gasteiger partial charge >= 0.3 is 0 Å². The van der Waals surface area contributed by atoms with Crippen molar-refractivity contribution < 1.29 is 4.39 Å². The van der Waals surface area contributed by atoms with Crippen molar-refractivity contribution in [3.8, 4) is 0 Å². The Bertz CT molecular complexity index is 475. The minimum absolute atomic E-state index is 0.227. The fraction of sp³-hybridized carbons (Fsp3) is 0.533. The third kappa shape index (κ3) is 3.44. The highest BCUT2D eigenvalue weighted by Crippen LogP contribution is 2.31. The highest BCUT2D eigenvalue weighted by atomic mass is 32.1. The summed E-state index contributed by atoms with van der Waals surface area (Å²) in [6.45, 7) is 4.56. The summed E-state index contributed by atoms with van der Waals surface area (Å²) in [5, 5.41) is 3.31. The molecule has 0 saturated heterocycles. The zero-order valence-corrected chi connectivity index (χ0v) is 12.3. The standard InChI is InChI=1S/C15H21FN2S/c1-9-3-5-12(7-10(9)2)18-14-6-4-11(15(17)19)8-13(14)16/h4,6,8-10,12,18H,3,5,7H2,1-2H3,(H2,17,19). The number of hydrogen-bond acceptors (Lipinski definition) is 2. The van der Waals surface area contributed by atoms with Crippen molar-refractivity contribution in [2.75, 3.05) is 5.32 Å². The van der Waals surface area contributed by atoms with Gasteiger partial charge in [0.05, 0.1) is 5.69 Å². The van der Waals surface area contributed by atoms with Gasteiger partial charge in [0.25, 0.3) is 0 Å². The molecule has 0 radical (unpaired) electrons. The van der Waals surface area contributed by atoms with Gasteiger partial charge in [-0.05, 0) is 49.3 Å². The largest absolute Gasteiger partial charge is 0.389 e. The zero-order chi connectivity index (χ0) is 14.0. The molecule has 3 unspecified atom stereocenters. The van der Waals surface area contributed by atoms with Crippen LogP contribution in [0.3, 0.4) is 0 Å². The first-order valence-corrected chi connectivity index (χ1v) is 7.24. The summed E-state index contributed by atoms with van der Waals surface area (Å²) in [7, 11) is 0. The molecule has 0 aromatic heterocycles. The second-order valence-electron chi connectivity index (χ2n) is 5.67. The molecule has 1 aromatic carbocycles. The number of thiocarbonyl (C=S) groups is 1. The number of benzene rings is 1. The Balaban J connectivity index is 2.05. The lowest BCUT2D eigenvalue weighted by Crippen LogP contribution is -2.30. The maximum Gasteiger partial charge on any atom is 0.146 e.